The predicted octanol–water partition coefficient (Wildman–Crippen LogP) is 3.94. The summed E-state index contributed by atoms with van der Waals surface area (Å²) in [6.45, 7) is 2.98. The monoisotopic (exact) mass is 294 g/mol. The van der Waals surface area contributed by atoms with Crippen LogP contribution in [-0.2, 0) is 5.92 Å². The smallest absolute Gasteiger partial charge is 0.270 e. The van der Waals surface area contributed by atoms with Gasteiger partial charge in [0.25, 0.3) is 5.92 Å². The summed E-state index contributed by atoms with van der Waals surface area (Å²) in [6, 6.07) is 5.13. The Kier molecular flexibility index (Phi) is 3.91. The maximum absolute atomic E-state index is 13.6. The van der Waals surface area contributed by atoms with Gasteiger partial charge in [-0.2, -0.15) is 0 Å². The van der Waals surface area contributed by atoms with Crippen LogP contribution in [0.2, 0.25) is 0 Å². The van der Waals surface area contributed by atoms with E-state index >= 15 is 0 Å². The van der Waals surface area contributed by atoms with Crippen molar-refractivity contribution < 1.29 is 8.78 Å². The second-order valence-corrected chi connectivity index (χ2v) is 6.67. The molecule has 0 bridgehead atoms. The van der Waals surface area contributed by atoms with Crippen LogP contribution in [0.4, 0.5) is 14.5 Å². The fraction of sp³-hybridized carbons (Fsp3) is 0.647. The standard InChI is InChI=1S/C17H24F2N2/c1-17(18,19)13-5-6-16-15(8-13)14-7-11(9-20-2)3-4-12(14)10-21-16/h5-6,8,11-12,14,20-21H,3-4,7,9-10H2,1-2H3. The first kappa shape index (κ1) is 14.8. The van der Waals surface area contributed by atoms with Crippen LogP contribution in [0.1, 0.15) is 43.2 Å². The summed E-state index contributed by atoms with van der Waals surface area (Å²) in [5, 5.41) is 6.68. The van der Waals surface area contributed by atoms with E-state index in [2.05, 4.69) is 10.6 Å². The summed E-state index contributed by atoms with van der Waals surface area (Å²) in [7, 11) is 1.98. The van der Waals surface area contributed by atoms with Gasteiger partial charge in [-0.1, -0.05) is 6.07 Å². The third-order valence-corrected chi connectivity index (χ3v) is 5.11. The first-order valence-corrected chi connectivity index (χ1v) is 7.89. The summed E-state index contributed by atoms with van der Waals surface area (Å²) in [5.41, 5.74) is 2.29. The second kappa shape index (κ2) is 5.56. The van der Waals surface area contributed by atoms with E-state index in [1.165, 1.54) is 12.8 Å². The van der Waals surface area contributed by atoms with Gasteiger partial charge in [0.2, 0.25) is 0 Å². The molecule has 1 aliphatic heterocycles. The minimum Gasteiger partial charge on any atom is -0.385 e. The number of hydrogen-bond acceptors (Lipinski definition) is 2. The molecule has 0 saturated heterocycles. The van der Waals surface area contributed by atoms with Crippen LogP contribution in [0.15, 0.2) is 18.2 Å². The van der Waals surface area contributed by atoms with Crippen molar-refractivity contribution in [2.45, 2.75) is 38.0 Å². The highest BCUT2D eigenvalue weighted by Gasteiger charge is 2.36. The van der Waals surface area contributed by atoms with Gasteiger partial charge in [-0.15, -0.1) is 0 Å². The van der Waals surface area contributed by atoms with Crippen LogP contribution in [0.25, 0.3) is 0 Å². The fourth-order valence-corrected chi connectivity index (χ4v) is 3.96. The molecule has 3 unspecified atom stereocenters. The van der Waals surface area contributed by atoms with Crippen molar-refractivity contribution in [3.8, 4) is 0 Å². The van der Waals surface area contributed by atoms with Crippen LogP contribution in [0.3, 0.4) is 0 Å². The third kappa shape index (κ3) is 2.91. The van der Waals surface area contributed by atoms with Gasteiger partial charge in [0.15, 0.2) is 0 Å². The Morgan fingerprint density at radius 3 is 2.86 bits per heavy atom. The number of nitrogens with one attached hydrogen (secondary N) is 2. The van der Waals surface area contributed by atoms with Crippen molar-refractivity contribution >= 4 is 5.69 Å². The van der Waals surface area contributed by atoms with E-state index in [9.17, 15) is 8.78 Å². The van der Waals surface area contributed by atoms with Crippen LogP contribution in [0, 0.1) is 11.8 Å². The molecule has 2 N–H and O–H groups in total. The molecule has 1 saturated carbocycles. The van der Waals surface area contributed by atoms with Gasteiger partial charge >= 0.3 is 0 Å². The Morgan fingerprint density at radius 1 is 1.33 bits per heavy atom. The van der Waals surface area contributed by atoms with Gasteiger partial charge in [0, 0.05) is 24.7 Å². The van der Waals surface area contributed by atoms with Crippen molar-refractivity contribution in [2.24, 2.45) is 11.8 Å². The average molecular weight is 294 g/mol. The van der Waals surface area contributed by atoms with Crippen molar-refractivity contribution in [3.63, 3.8) is 0 Å². The Morgan fingerprint density at radius 2 is 2.14 bits per heavy atom. The maximum atomic E-state index is 13.6. The highest BCUT2D eigenvalue weighted by atomic mass is 19.3. The molecular weight excluding hydrogens is 270 g/mol. The molecule has 3 rings (SSSR count). The minimum atomic E-state index is -2.76. The van der Waals surface area contributed by atoms with Crippen molar-refractivity contribution in [2.75, 3.05) is 25.5 Å². The summed E-state index contributed by atoms with van der Waals surface area (Å²) in [6.07, 6.45) is 3.54. The molecule has 1 aromatic rings. The van der Waals surface area contributed by atoms with Gasteiger partial charge in [0.1, 0.15) is 0 Å². The van der Waals surface area contributed by atoms with Gasteiger partial charge in [-0.05, 0) is 68.3 Å². The van der Waals surface area contributed by atoms with Crippen LogP contribution in [0.5, 0.6) is 0 Å². The molecule has 1 heterocycles. The number of halogens is 2. The molecule has 0 amide bonds. The zero-order valence-corrected chi connectivity index (χ0v) is 12.8. The Hall–Kier alpha value is -1.16. The normalized spacial score (nSPS) is 28.5. The first-order chi connectivity index (χ1) is 9.99. The van der Waals surface area contributed by atoms with Crippen molar-refractivity contribution in [3.05, 3.63) is 29.3 Å². The zero-order chi connectivity index (χ0) is 15.0. The molecule has 0 aromatic heterocycles. The third-order valence-electron chi connectivity index (χ3n) is 5.11. The lowest BCUT2D eigenvalue weighted by atomic mass is 9.69. The van der Waals surface area contributed by atoms with Crippen molar-refractivity contribution in [1.29, 1.82) is 0 Å². The zero-order valence-electron chi connectivity index (χ0n) is 12.8. The van der Waals surface area contributed by atoms with E-state index < -0.39 is 5.92 Å². The van der Waals surface area contributed by atoms with E-state index in [1.54, 1.807) is 12.1 Å². The van der Waals surface area contributed by atoms with Crippen LogP contribution >= 0.6 is 0 Å². The number of anilines is 1. The molecule has 1 aliphatic carbocycles. The molecule has 2 aliphatic rings. The molecule has 0 radical (unpaired) electrons. The second-order valence-electron chi connectivity index (χ2n) is 6.67. The topological polar surface area (TPSA) is 24.1 Å². The predicted molar refractivity (Wildman–Crippen MR) is 82.0 cm³/mol. The molecule has 21 heavy (non-hydrogen) atoms. The molecule has 1 fully saturated rings. The number of hydrogen-bond donors (Lipinski definition) is 2. The lowest BCUT2D eigenvalue weighted by molar-refractivity contribution is 0.0173. The quantitative estimate of drug-likeness (QED) is 0.882. The van der Waals surface area contributed by atoms with E-state index in [1.807, 2.05) is 13.1 Å². The van der Waals surface area contributed by atoms with Crippen molar-refractivity contribution in [1.82, 2.24) is 5.32 Å². The summed E-state index contributed by atoms with van der Waals surface area (Å²) in [5.74, 6) is -1.09. The molecule has 4 heteroatoms. The maximum Gasteiger partial charge on any atom is 0.270 e. The first-order valence-electron chi connectivity index (χ1n) is 7.89. The van der Waals surface area contributed by atoms with E-state index in [0.717, 1.165) is 37.7 Å². The van der Waals surface area contributed by atoms with Crippen LogP contribution in [-0.4, -0.2) is 20.1 Å². The molecule has 2 nitrogen and oxygen atoms in total. The van der Waals surface area contributed by atoms with E-state index in [4.69, 9.17) is 0 Å². The molecular formula is C17H24F2N2. The summed E-state index contributed by atoms with van der Waals surface area (Å²) >= 11 is 0. The molecule has 0 spiro atoms. The Labute approximate surface area is 125 Å². The van der Waals surface area contributed by atoms with Crippen LogP contribution < -0.4 is 10.6 Å². The molecule has 1 aromatic carbocycles. The fourth-order valence-electron chi connectivity index (χ4n) is 3.96. The summed E-state index contributed by atoms with van der Waals surface area (Å²) in [4.78, 5) is 0. The summed E-state index contributed by atoms with van der Waals surface area (Å²) < 4.78 is 27.2. The van der Waals surface area contributed by atoms with E-state index in [-0.39, 0.29) is 5.56 Å². The highest BCUT2D eigenvalue weighted by Crippen LogP contribution is 2.46. The SMILES string of the molecule is CNCC1CCC2CNc3ccc(C(C)(F)F)cc3C2C1. The molecule has 3 atom stereocenters. The number of benzene rings is 1. The van der Waals surface area contributed by atoms with Gasteiger partial charge < -0.3 is 10.6 Å². The Bertz CT molecular complexity index is 510. The van der Waals surface area contributed by atoms with Gasteiger partial charge in [0.05, 0.1) is 0 Å². The lowest BCUT2D eigenvalue weighted by Gasteiger charge is -2.41. The number of alkyl halides is 2. The van der Waals surface area contributed by atoms with E-state index in [0.29, 0.717) is 17.8 Å². The van der Waals surface area contributed by atoms with Gasteiger partial charge in [-0.3, -0.25) is 0 Å². The Balaban J connectivity index is 1.91. The van der Waals surface area contributed by atoms with Gasteiger partial charge in [-0.25, -0.2) is 8.78 Å². The highest BCUT2D eigenvalue weighted by molar-refractivity contribution is 5.57. The average Bonchev–Trinajstić information content (AvgIpc) is 2.46. The number of rotatable bonds is 3. The minimum absolute atomic E-state index is 0.138. The lowest BCUT2D eigenvalue weighted by Crippen LogP contribution is -2.35. The largest absolute Gasteiger partial charge is 0.385 e. The molecule has 116 valence electrons. The number of fused-ring (bicyclic) bond motifs is 3.